The Balaban J connectivity index is 2.13. The minimum absolute atomic E-state index is 0.0526. The van der Waals surface area contributed by atoms with E-state index in [1.807, 2.05) is 6.92 Å². The molecule has 1 aliphatic heterocycles. The summed E-state index contributed by atoms with van der Waals surface area (Å²) in [5.41, 5.74) is 5.58. The third kappa shape index (κ3) is 4.07. The molecule has 3 N–H and O–H groups in total. The van der Waals surface area contributed by atoms with Gasteiger partial charge in [0.2, 0.25) is 5.91 Å². The van der Waals surface area contributed by atoms with E-state index < -0.39 is 0 Å². The predicted molar refractivity (Wildman–Crippen MR) is 54.8 cm³/mol. The summed E-state index contributed by atoms with van der Waals surface area (Å²) in [7, 11) is 0. The van der Waals surface area contributed by atoms with E-state index in [0.29, 0.717) is 13.2 Å². The van der Waals surface area contributed by atoms with E-state index in [0.717, 1.165) is 25.9 Å². The fourth-order valence-electron chi connectivity index (χ4n) is 1.51. The van der Waals surface area contributed by atoms with E-state index in [-0.39, 0.29) is 17.9 Å². The molecule has 1 saturated heterocycles. The minimum Gasteiger partial charge on any atom is -0.381 e. The smallest absolute Gasteiger partial charge is 0.225 e. The van der Waals surface area contributed by atoms with Crippen molar-refractivity contribution >= 4 is 5.91 Å². The van der Waals surface area contributed by atoms with Crippen molar-refractivity contribution in [3.8, 4) is 0 Å². The van der Waals surface area contributed by atoms with Gasteiger partial charge in [0.15, 0.2) is 0 Å². The average molecular weight is 200 g/mol. The van der Waals surface area contributed by atoms with Crippen LogP contribution in [0.2, 0.25) is 0 Å². The third-order valence-electron chi connectivity index (χ3n) is 2.43. The number of rotatable bonds is 4. The molecule has 0 bridgehead atoms. The molecule has 14 heavy (non-hydrogen) atoms. The Morgan fingerprint density at radius 3 is 3.07 bits per heavy atom. The SMILES string of the molecule is CC(N)CCNC(=O)C1CCCOC1. The van der Waals surface area contributed by atoms with E-state index in [4.69, 9.17) is 10.5 Å². The molecule has 1 amide bonds. The van der Waals surface area contributed by atoms with Gasteiger partial charge in [0.25, 0.3) is 0 Å². The lowest BCUT2D eigenvalue weighted by atomic mass is 10.0. The Morgan fingerprint density at radius 1 is 1.71 bits per heavy atom. The zero-order chi connectivity index (χ0) is 10.4. The summed E-state index contributed by atoms with van der Waals surface area (Å²) in [5.74, 6) is 0.169. The van der Waals surface area contributed by atoms with Gasteiger partial charge in [-0.05, 0) is 26.2 Å². The molecule has 2 atom stereocenters. The molecule has 0 aromatic rings. The maximum Gasteiger partial charge on any atom is 0.225 e. The first-order chi connectivity index (χ1) is 6.70. The Labute approximate surface area is 85.2 Å². The van der Waals surface area contributed by atoms with Crippen LogP contribution in [-0.2, 0) is 9.53 Å². The molecule has 82 valence electrons. The zero-order valence-electron chi connectivity index (χ0n) is 8.79. The maximum absolute atomic E-state index is 11.5. The first-order valence-corrected chi connectivity index (χ1v) is 5.31. The first-order valence-electron chi connectivity index (χ1n) is 5.31. The summed E-state index contributed by atoms with van der Waals surface area (Å²) >= 11 is 0. The highest BCUT2D eigenvalue weighted by molar-refractivity contribution is 5.78. The Kier molecular flexibility index (Phi) is 4.90. The van der Waals surface area contributed by atoms with Gasteiger partial charge in [-0.15, -0.1) is 0 Å². The second-order valence-corrected chi connectivity index (χ2v) is 3.97. The molecule has 1 fully saturated rings. The van der Waals surface area contributed by atoms with E-state index in [1.54, 1.807) is 0 Å². The van der Waals surface area contributed by atoms with Gasteiger partial charge in [-0.3, -0.25) is 4.79 Å². The van der Waals surface area contributed by atoms with E-state index in [9.17, 15) is 4.79 Å². The van der Waals surface area contributed by atoms with Gasteiger partial charge < -0.3 is 15.8 Å². The number of hydrogen-bond donors (Lipinski definition) is 2. The van der Waals surface area contributed by atoms with Crippen LogP contribution >= 0.6 is 0 Å². The zero-order valence-corrected chi connectivity index (χ0v) is 8.79. The molecule has 4 heteroatoms. The van der Waals surface area contributed by atoms with Crippen LogP contribution in [-0.4, -0.2) is 31.7 Å². The van der Waals surface area contributed by atoms with Crippen molar-refractivity contribution in [1.82, 2.24) is 5.32 Å². The lowest BCUT2D eigenvalue weighted by Gasteiger charge is -2.21. The molecule has 1 rings (SSSR count). The van der Waals surface area contributed by atoms with Crippen molar-refractivity contribution in [2.75, 3.05) is 19.8 Å². The number of nitrogens with two attached hydrogens (primary N) is 1. The number of carbonyl (C=O) groups is 1. The van der Waals surface area contributed by atoms with E-state index >= 15 is 0 Å². The molecule has 0 radical (unpaired) electrons. The van der Waals surface area contributed by atoms with Crippen LogP contribution in [0.3, 0.4) is 0 Å². The van der Waals surface area contributed by atoms with Crippen LogP contribution in [0.15, 0.2) is 0 Å². The number of ether oxygens (including phenoxy) is 1. The largest absolute Gasteiger partial charge is 0.381 e. The van der Waals surface area contributed by atoms with Crippen LogP contribution in [0.4, 0.5) is 0 Å². The lowest BCUT2D eigenvalue weighted by Crippen LogP contribution is -2.37. The highest BCUT2D eigenvalue weighted by Gasteiger charge is 2.20. The Bertz CT molecular complexity index is 177. The Hall–Kier alpha value is -0.610. The van der Waals surface area contributed by atoms with Gasteiger partial charge in [-0.2, -0.15) is 0 Å². The van der Waals surface area contributed by atoms with Gasteiger partial charge in [0.1, 0.15) is 0 Å². The fourth-order valence-corrected chi connectivity index (χ4v) is 1.51. The van der Waals surface area contributed by atoms with Crippen molar-refractivity contribution in [2.24, 2.45) is 11.7 Å². The molecule has 4 nitrogen and oxygen atoms in total. The standard InChI is InChI=1S/C10H20N2O2/c1-8(11)4-5-12-10(13)9-3-2-6-14-7-9/h8-9H,2-7,11H2,1H3,(H,12,13). The molecule has 0 aliphatic carbocycles. The van der Waals surface area contributed by atoms with Gasteiger partial charge >= 0.3 is 0 Å². The quantitative estimate of drug-likeness (QED) is 0.684. The van der Waals surface area contributed by atoms with Crippen molar-refractivity contribution in [2.45, 2.75) is 32.2 Å². The third-order valence-corrected chi connectivity index (χ3v) is 2.43. The number of hydrogen-bond acceptors (Lipinski definition) is 3. The highest BCUT2D eigenvalue weighted by atomic mass is 16.5. The molecule has 0 spiro atoms. The van der Waals surface area contributed by atoms with E-state index in [2.05, 4.69) is 5.32 Å². The molecular formula is C10H20N2O2. The molecule has 0 aromatic heterocycles. The maximum atomic E-state index is 11.5. The van der Waals surface area contributed by atoms with Gasteiger partial charge in [-0.25, -0.2) is 0 Å². The van der Waals surface area contributed by atoms with Gasteiger partial charge in [0, 0.05) is 19.2 Å². The molecule has 1 aliphatic rings. The summed E-state index contributed by atoms with van der Waals surface area (Å²) < 4.78 is 5.25. The first kappa shape index (κ1) is 11.5. The van der Waals surface area contributed by atoms with Crippen LogP contribution in [0.1, 0.15) is 26.2 Å². The Morgan fingerprint density at radius 2 is 2.50 bits per heavy atom. The summed E-state index contributed by atoms with van der Waals surface area (Å²) in [6.07, 6.45) is 2.77. The van der Waals surface area contributed by atoms with Crippen LogP contribution in [0.25, 0.3) is 0 Å². The monoisotopic (exact) mass is 200 g/mol. The lowest BCUT2D eigenvalue weighted by molar-refractivity contribution is -0.128. The van der Waals surface area contributed by atoms with Gasteiger partial charge in [-0.1, -0.05) is 0 Å². The predicted octanol–water partition coefficient (Wildman–Crippen LogP) is 0.267. The van der Waals surface area contributed by atoms with Crippen LogP contribution in [0.5, 0.6) is 0 Å². The summed E-state index contributed by atoms with van der Waals surface area (Å²) in [6, 6.07) is 0.151. The number of amides is 1. The van der Waals surface area contributed by atoms with Crippen LogP contribution < -0.4 is 11.1 Å². The topological polar surface area (TPSA) is 64.3 Å². The highest BCUT2D eigenvalue weighted by Crippen LogP contribution is 2.13. The van der Waals surface area contributed by atoms with E-state index in [1.165, 1.54) is 0 Å². The summed E-state index contributed by atoms with van der Waals surface area (Å²) in [5, 5.41) is 2.88. The number of nitrogens with one attached hydrogen (secondary N) is 1. The molecule has 0 saturated carbocycles. The number of carbonyl (C=O) groups excluding carboxylic acids is 1. The second kappa shape index (κ2) is 5.98. The molecular weight excluding hydrogens is 180 g/mol. The van der Waals surface area contributed by atoms with Crippen molar-refractivity contribution in [3.05, 3.63) is 0 Å². The van der Waals surface area contributed by atoms with Crippen molar-refractivity contribution < 1.29 is 9.53 Å². The minimum atomic E-state index is 0.0526. The normalized spacial score (nSPS) is 24.3. The van der Waals surface area contributed by atoms with Gasteiger partial charge in [0.05, 0.1) is 12.5 Å². The fraction of sp³-hybridized carbons (Fsp3) is 0.900. The van der Waals surface area contributed by atoms with Crippen LogP contribution in [0, 0.1) is 5.92 Å². The van der Waals surface area contributed by atoms with Crippen molar-refractivity contribution in [1.29, 1.82) is 0 Å². The van der Waals surface area contributed by atoms with Crippen molar-refractivity contribution in [3.63, 3.8) is 0 Å². The molecule has 2 unspecified atom stereocenters. The average Bonchev–Trinajstić information content (AvgIpc) is 2.18. The summed E-state index contributed by atoms with van der Waals surface area (Å²) in [6.45, 7) is 3.98. The summed E-state index contributed by atoms with van der Waals surface area (Å²) in [4.78, 5) is 11.5. The molecule has 1 heterocycles. The molecule has 0 aromatic carbocycles. The second-order valence-electron chi connectivity index (χ2n) is 3.97.